The number of halogens is 1. The summed E-state index contributed by atoms with van der Waals surface area (Å²) >= 11 is 4.66. The fraction of sp³-hybridized carbons (Fsp3) is 0.636. The van der Waals surface area contributed by atoms with Crippen molar-refractivity contribution in [3.8, 4) is 0 Å². The zero-order valence-corrected chi connectivity index (χ0v) is 13.1. The molecule has 2 aliphatic rings. The molecule has 0 spiro atoms. The Labute approximate surface area is 119 Å². The van der Waals surface area contributed by atoms with E-state index < -0.39 is 10.0 Å². The molecule has 3 heterocycles. The SMILES string of the molecule is Cc1cc(S(=O)(=O)N2CC3CCC(C2)O3)sc1Br. The van der Waals surface area contributed by atoms with Gasteiger partial charge in [-0.15, -0.1) is 11.3 Å². The number of fused-ring (bicyclic) bond motifs is 2. The van der Waals surface area contributed by atoms with Gasteiger partial charge in [-0.25, -0.2) is 8.42 Å². The smallest absolute Gasteiger partial charge is 0.252 e. The second-order valence-electron chi connectivity index (χ2n) is 4.80. The Bertz CT molecular complexity index is 537. The van der Waals surface area contributed by atoms with E-state index in [1.54, 1.807) is 10.4 Å². The molecule has 1 aromatic heterocycles. The van der Waals surface area contributed by atoms with Crippen LogP contribution in [-0.4, -0.2) is 38.0 Å². The van der Waals surface area contributed by atoms with E-state index in [1.165, 1.54) is 11.3 Å². The van der Waals surface area contributed by atoms with Crippen LogP contribution >= 0.6 is 27.3 Å². The van der Waals surface area contributed by atoms with Crippen LogP contribution in [0.2, 0.25) is 0 Å². The number of rotatable bonds is 2. The van der Waals surface area contributed by atoms with Gasteiger partial charge in [-0.05, 0) is 47.3 Å². The topological polar surface area (TPSA) is 46.6 Å². The molecule has 18 heavy (non-hydrogen) atoms. The first kappa shape index (κ1) is 13.1. The minimum Gasteiger partial charge on any atom is -0.372 e. The summed E-state index contributed by atoms with van der Waals surface area (Å²) in [5, 5.41) is 0. The van der Waals surface area contributed by atoms with Crippen molar-refractivity contribution in [2.45, 2.75) is 36.2 Å². The summed E-state index contributed by atoms with van der Waals surface area (Å²) in [5.41, 5.74) is 0.967. The van der Waals surface area contributed by atoms with Crippen LogP contribution in [0.1, 0.15) is 18.4 Å². The van der Waals surface area contributed by atoms with E-state index in [0.717, 1.165) is 22.2 Å². The maximum atomic E-state index is 12.5. The minimum atomic E-state index is -3.35. The molecule has 3 rings (SSSR count). The third kappa shape index (κ3) is 2.16. The predicted molar refractivity (Wildman–Crippen MR) is 73.4 cm³/mol. The van der Waals surface area contributed by atoms with E-state index in [9.17, 15) is 8.42 Å². The number of hydrogen-bond acceptors (Lipinski definition) is 4. The third-order valence-corrected chi connectivity index (χ3v) is 7.86. The Kier molecular flexibility index (Phi) is 3.30. The lowest BCUT2D eigenvalue weighted by Gasteiger charge is -2.30. The number of morpholine rings is 1. The van der Waals surface area contributed by atoms with Gasteiger partial charge in [0.2, 0.25) is 0 Å². The summed E-state index contributed by atoms with van der Waals surface area (Å²) in [6.45, 7) is 2.89. The summed E-state index contributed by atoms with van der Waals surface area (Å²) in [4.78, 5) is 0. The molecule has 0 N–H and O–H groups in total. The van der Waals surface area contributed by atoms with E-state index >= 15 is 0 Å². The Morgan fingerprint density at radius 1 is 1.39 bits per heavy atom. The number of aryl methyl sites for hydroxylation is 1. The van der Waals surface area contributed by atoms with E-state index in [2.05, 4.69) is 15.9 Å². The maximum Gasteiger partial charge on any atom is 0.252 e. The minimum absolute atomic E-state index is 0.0861. The molecule has 0 radical (unpaired) electrons. The van der Waals surface area contributed by atoms with Crippen molar-refractivity contribution in [1.29, 1.82) is 0 Å². The van der Waals surface area contributed by atoms with E-state index in [-0.39, 0.29) is 12.2 Å². The van der Waals surface area contributed by atoms with Crippen molar-refractivity contribution >= 4 is 37.3 Å². The number of sulfonamides is 1. The second kappa shape index (κ2) is 4.56. The Morgan fingerprint density at radius 3 is 2.50 bits per heavy atom. The highest BCUT2D eigenvalue weighted by atomic mass is 79.9. The Morgan fingerprint density at radius 2 is 2.00 bits per heavy atom. The summed E-state index contributed by atoms with van der Waals surface area (Å²) in [5.74, 6) is 0. The highest BCUT2D eigenvalue weighted by molar-refractivity contribution is 9.11. The first-order valence-corrected chi connectivity index (χ1v) is 8.93. The van der Waals surface area contributed by atoms with Crippen molar-refractivity contribution in [2.24, 2.45) is 0 Å². The number of thiophene rings is 1. The average molecular weight is 352 g/mol. The van der Waals surface area contributed by atoms with Crippen molar-refractivity contribution in [3.05, 3.63) is 15.4 Å². The van der Waals surface area contributed by atoms with Crippen LogP contribution in [0.25, 0.3) is 0 Å². The Balaban J connectivity index is 1.90. The average Bonchev–Trinajstić information content (AvgIpc) is 2.83. The van der Waals surface area contributed by atoms with Crippen LogP contribution in [0.4, 0.5) is 0 Å². The molecule has 0 saturated carbocycles. The van der Waals surface area contributed by atoms with Crippen LogP contribution < -0.4 is 0 Å². The molecule has 1 aromatic rings. The normalized spacial score (nSPS) is 28.8. The summed E-state index contributed by atoms with van der Waals surface area (Å²) in [6.07, 6.45) is 2.12. The first-order valence-electron chi connectivity index (χ1n) is 5.88. The predicted octanol–water partition coefficient (Wildman–Crippen LogP) is 2.37. The summed E-state index contributed by atoms with van der Waals surface area (Å²) < 4.78 is 33.6. The molecule has 0 aromatic carbocycles. The van der Waals surface area contributed by atoms with Gasteiger partial charge in [0, 0.05) is 13.1 Å². The first-order chi connectivity index (χ1) is 8.46. The van der Waals surface area contributed by atoms with E-state index in [0.29, 0.717) is 17.3 Å². The van der Waals surface area contributed by atoms with Crippen LogP contribution in [0.15, 0.2) is 14.1 Å². The molecule has 2 saturated heterocycles. The van der Waals surface area contributed by atoms with Gasteiger partial charge in [0.1, 0.15) is 4.21 Å². The van der Waals surface area contributed by atoms with Crippen molar-refractivity contribution in [1.82, 2.24) is 4.31 Å². The van der Waals surface area contributed by atoms with Crippen molar-refractivity contribution < 1.29 is 13.2 Å². The Hall–Kier alpha value is 0.0500. The molecule has 2 unspecified atom stereocenters. The zero-order chi connectivity index (χ0) is 12.9. The molecule has 4 nitrogen and oxygen atoms in total. The van der Waals surface area contributed by atoms with Crippen LogP contribution in [0, 0.1) is 6.92 Å². The fourth-order valence-corrected chi connectivity index (χ4v) is 6.34. The monoisotopic (exact) mass is 351 g/mol. The van der Waals surface area contributed by atoms with Crippen LogP contribution in [-0.2, 0) is 14.8 Å². The van der Waals surface area contributed by atoms with Gasteiger partial charge in [-0.1, -0.05) is 0 Å². The van der Waals surface area contributed by atoms with Gasteiger partial charge in [0.05, 0.1) is 16.0 Å². The summed E-state index contributed by atoms with van der Waals surface area (Å²) in [6, 6.07) is 1.74. The largest absolute Gasteiger partial charge is 0.372 e. The molecule has 2 fully saturated rings. The zero-order valence-electron chi connectivity index (χ0n) is 9.93. The molecule has 0 amide bonds. The number of nitrogens with zero attached hydrogens (tertiary/aromatic N) is 1. The van der Waals surface area contributed by atoms with Crippen LogP contribution in [0.5, 0.6) is 0 Å². The van der Waals surface area contributed by atoms with Gasteiger partial charge in [0.25, 0.3) is 10.0 Å². The third-order valence-electron chi connectivity index (χ3n) is 3.44. The molecule has 2 atom stereocenters. The quantitative estimate of drug-likeness (QED) is 0.821. The lowest BCUT2D eigenvalue weighted by Crippen LogP contribution is -2.45. The molecule has 2 aliphatic heterocycles. The number of ether oxygens (including phenoxy) is 1. The second-order valence-corrected chi connectivity index (χ2v) is 9.34. The van der Waals surface area contributed by atoms with Gasteiger partial charge in [-0.2, -0.15) is 4.31 Å². The van der Waals surface area contributed by atoms with Crippen molar-refractivity contribution in [2.75, 3.05) is 13.1 Å². The standard InChI is InChI=1S/C11H14BrNO3S2/c1-7-4-10(17-11(7)12)18(14,15)13-5-8-2-3-9(6-13)16-8/h4,8-9H,2-3,5-6H2,1H3. The number of hydrogen-bond donors (Lipinski definition) is 0. The van der Waals surface area contributed by atoms with Gasteiger partial charge >= 0.3 is 0 Å². The molecule has 7 heteroatoms. The van der Waals surface area contributed by atoms with E-state index in [4.69, 9.17) is 4.74 Å². The lowest BCUT2D eigenvalue weighted by atomic mass is 10.2. The molecular weight excluding hydrogens is 338 g/mol. The maximum absolute atomic E-state index is 12.5. The molecular formula is C11H14BrNO3S2. The fourth-order valence-electron chi connectivity index (χ4n) is 2.46. The molecule has 100 valence electrons. The van der Waals surface area contributed by atoms with Gasteiger partial charge in [-0.3, -0.25) is 0 Å². The van der Waals surface area contributed by atoms with E-state index in [1.807, 2.05) is 6.92 Å². The molecule has 2 bridgehead atoms. The highest BCUT2D eigenvalue weighted by Gasteiger charge is 2.39. The summed E-state index contributed by atoms with van der Waals surface area (Å²) in [7, 11) is -3.35. The lowest BCUT2D eigenvalue weighted by molar-refractivity contribution is -0.0114. The van der Waals surface area contributed by atoms with Crippen molar-refractivity contribution in [3.63, 3.8) is 0 Å². The van der Waals surface area contributed by atoms with Crippen LogP contribution in [0.3, 0.4) is 0 Å². The molecule has 0 aliphatic carbocycles. The van der Waals surface area contributed by atoms with Gasteiger partial charge in [0.15, 0.2) is 0 Å². The highest BCUT2D eigenvalue weighted by Crippen LogP contribution is 2.35. The van der Waals surface area contributed by atoms with Gasteiger partial charge < -0.3 is 4.74 Å².